The Morgan fingerprint density at radius 2 is 2.00 bits per heavy atom. The first-order valence-electron chi connectivity index (χ1n) is 4.10. The van der Waals surface area contributed by atoms with Crippen LogP contribution in [-0.2, 0) is 4.79 Å². The van der Waals surface area contributed by atoms with Crippen LogP contribution in [0, 0.1) is 5.92 Å². The van der Waals surface area contributed by atoms with Crippen molar-refractivity contribution in [1.82, 2.24) is 0 Å². The van der Waals surface area contributed by atoms with Crippen molar-refractivity contribution in [2.45, 2.75) is 39.0 Å². The van der Waals surface area contributed by atoms with Crippen LogP contribution in [0.2, 0.25) is 0 Å². The van der Waals surface area contributed by atoms with Crippen LogP contribution >= 0.6 is 0 Å². The Hall–Kier alpha value is -0.670. The first-order valence-corrected chi connectivity index (χ1v) is 4.10. The Balaban J connectivity index is 3.72. The summed E-state index contributed by atoms with van der Waals surface area (Å²) in [6.07, 6.45) is -0.357. The summed E-state index contributed by atoms with van der Waals surface area (Å²) in [5.41, 5.74) is 0. The number of unbranched alkanes of at least 4 members (excludes halogenated alkanes) is 2. The molecule has 0 rings (SSSR count). The minimum atomic E-state index is -2.74. The quantitative estimate of drug-likeness (QED) is 0.638. The summed E-state index contributed by atoms with van der Waals surface area (Å²) >= 11 is 0. The summed E-state index contributed by atoms with van der Waals surface area (Å²) in [5, 5.41) is 8.36. The van der Waals surface area contributed by atoms with Gasteiger partial charge in [-0.05, 0) is 6.42 Å². The third kappa shape index (κ3) is 4.26. The van der Waals surface area contributed by atoms with Crippen molar-refractivity contribution < 1.29 is 18.7 Å². The minimum Gasteiger partial charge on any atom is -0.481 e. The largest absolute Gasteiger partial charge is 0.481 e. The maximum Gasteiger partial charge on any atom is 0.312 e. The summed E-state index contributed by atoms with van der Waals surface area (Å²) in [7, 11) is 0. The van der Waals surface area contributed by atoms with E-state index in [0.717, 1.165) is 12.8 Å². The maximum absolute atomic E-state index is 12.0. The van der Waals surface area contributed by atoms with Crippen molar-refractivity contribution in [3.05, 3.63) is 0 Å². The molecule has 0 heterocycles. The molecule has 12 heavy (non-hydrogen) atoms. The van der Waals surface area contributed by atoms with Crippen LogP contribution in [0.1, 0.15) is 32.6 Å². The van der Waals surface area contributed by atoms with Gasteiger partial charge in [-0.3, -0.25) is 4.79 Å². The first kappa shape index (κ1) is 11.3. The van der Waals surface area contributed by atoms with Gasteiger partial charge in [0.2, 0.25) is 0 Å². The van der Waals surface area contributed by atoms with Crippen molar-refractivity contribution in [2.24, 2.45) is 5.92 Å². The molecule has 0 saturated carbocycles. The fraction of sp³-hybridized carbons (Fsp3) is 0.875. The lowest BCUT2D eigenvalue weighted by Gasteiger charge is -2.09. The molecule has 4 heteroatoms. The zero-order chi connectivity index (χ0) is 9.56. The molecule has 0 saturated heterocycles. The van der Waals surface area contributed by atoms with E-state index in [0.29, 0.717) is 6.42 Å². The van der Waals surface area contributed by atoms with Gasteiger partial charge in [0.05, 0.1) is 0 Å². The number of hydrogen-bond acceptors (Lipinski definition) is 1. The zero-order valence-electron chi connectivity index (χ0n) is 7.09. The number of aliphatic carboxylic acids is 1. The number of alkyl halides is 2. The molecule has 0 fully saturated rings. The Morgan fingerprint density at radius 3 is 2.33 bits per heavy atom. The molecule has 0 spiro atoms. The molecule has 1 unspecified atom stereocenters. The third-order valence-corrected chi connectivity index (χ3v) is 1.74. The van der Waals surface area contributed by atoms with Crippen LogP contribution in [0.15, 0.2) is 0 Å². The van der Waals surface area contributed by atoms with E-state index in [9.17, 15) is 13.6 Å². The van der Waals surface area contributed by atoms with Gasteiger partial charge in [0.15, 0.2) is 0 Å². The normalized spacial score (nSPS) is 13.3. The van der Waals surface area contributed by atoms with Crippen molar-refractivity contribution >= 4 is 5.97 Å². The third-order valence-electron chi connectivity index (χ3n) is 1.74. The Kier molecular flexibility index (Phi) is 5.58. The van der Waals surface area contributed by atoms with Gasteiger partial charge in [-0.1, -0.05) is 26.2 Å². The fourth-order valence-corrected chi connectivity index (χ4v) is 0.971. The van der Waals surface area contributed by atoms with E-state index in [2.05, 4.69) is 0 Å². The van der Waals surface area contributed by atoms with Gasteiger partial charge in [-0.25, -0.2) is 8.78 Å². The Morgan fingerprint density at radius 1 is 1.42 bits per heavy atom. The van der Waals surface area contributed by atoms with E-state index < -0.39 is 18.3 Å². The SMILES string of the molecule is CCCCCC(C(=O)O)C(F)F. The molecule has 1 N–H and O–H groups in total. The molecular weight excluding hydrogens is 166 g/mol. The highest BCUT2D eigenvalue weighted by Gasteiger charge is 2.26. The lowest BCUT2D eigenvalue weighted by atomic mass is 10.0. The van der Waals surface area contributed by atoms with Gasteiger partial charge in [0, 0.05) is 0 Å². The maximum atomic E-state index is 12.0. The highest BCUT2D eigenvalue weighted by molar-refractivity contribution is 5.70. The van der Waals surface area contributed by atoms with E-state index in [4.69, 9.17) is 5.11 Å². The van der Waals surface area contributed by atoms with E-state index >= 15 is 0 Å². The highest BCUT2D eigenvalue weighted by atomic mass is 19.3. The summed E-state index contributed by atoms with van der Waals surface area (Å²) in [6.45, 7) is 1.94. The second-order valence-electron chi connectivity index (χ2n) is 2.77. The van der Waals surface area contributed by atoms with Crippen LogP contribution in [0.25, 0.3) is 0 Å². The van der Waals surface area contributed by atoms with Gasteiger partial charge in [-0.2, -0.15) is 0 Å². The molecule has 0 aliphatic carbocycles. The second-order valence-corrected chi connectivity index (χ2v) is 2.77. The Labute approximate surface area is 70.6 Å². The van der Waals surface area contributed by atoms with Gasteiger partial charge in [0.1, 0.15) is 5.92 Å². The predicted octanol–water partition coefficient (Wildman–Crippen LogP) is 2.53. The van der Waals surface area contributed by atoms with Crippen LogP contribution in [0.5, 0.6) is 0 Å². The number of carbonyl (C=O) groups is 1. The predicted molar refractivity (Wildman–Crippen MR) is 41.3 cm³/mol. The summed E-state index contributed by atoms with van der Waals surface area (Å²) < 4.78 is 24.0. The lowest BCUT2D eigenvalue weighted by Crippen LogP contribution is -2.21. The molecule has 0 aromatic rings. The summed E-state index contributed by atoms with van der Waals surface area (Å²) in [6, 6.07) is 0. The molecule has 1 atom stereocenters. The number of carboxylic acid groups (broad SMARTS) is 1. The molecule has 0 aliphatic heterocycles. The van der Waals surface area contributed by atoms with Crippen molar-refractivity contribution in [1.29, 1.82) is 0 Å². The molecule has 0 aliphatic rings. The molecule has 0 amide bonds. The van der Waals surface area contributed by atoms with Crippen LogP contribution in [-0.4, -0.2) is 17.5 Å². The van der Waals surface area contributed by atoms with Crippen LogP contribution in [0.3, 0.4) is 0 Å². The first-order chi connectivity index (χ1) is 5.59. The lowest BCUT2D eigenvalue weighted by molar-refractivity contribution is -0.147. The standard InChI is InChI=1S/C8H14F2O2/c1-2-3-4-5-6(7(9)10)8(11)12/h6-7H,2-5H2,1H3,(H,11,12). The van der Waals surface area contributed by atoms with E-state index in [1.165, 1.54) is 0 Å². The monoisotopic (exact) mass is 180 g/mol. The molecule has 0 aromatic carbocycles. The van der Waals surface area contributed by atoms with Gasteiger partial charge < -0.3 is 5.11 Å². The second kappa shape index (κ2) is 5.91. The average molecular weight is 180 g/mol. The summed E-state index contributed by atoms with van der Waals surface area (Å²) in [4.78, 5) is 10.3. The van der Waals surface area contributed by atoms with Gasteiger partial charge in [-0.15, -0.1) is 0 Å². The molecule has 72 valence electrons. The Bertz CT molecular complexity index is 137. The number of carboxylic acids is 1. The number of halogens is 2. The smallest absolute Gasteiger partial charge is 0.312 e. The van der Waals surface area contributed by atoms with Gasteiger partial charge >= 0.3 is 5.97 Å². The molecular formula is C8H14F2O2. The topological polar surface area (TPSA) is 37.3 Å². The van der Waals surface area contributed by atoms with Gasteiger partial charge in [0.25, 0.3) is 6.43 Å². The summed E-state index contributed by atoms with van der Waals surface area (Å²) in [5.74, 6) is -2.86. The molecule has 0 aromatic heterocycles. The van der Waals surface area contributed by atoms with Crippen molar-refractivity contribution in [3.63, 3.8) is 0 Å². The minimum absolute atomic E-state index is 0.0842. The van der Waals surface area contributed by atoms with E-state index in [1.54, 1.807) is 0 Å². The zero-order valence-corrected chi connectivity index (χ0v) is 7.09. The fourth-order valence-electron chi connectivity index (χ4n) is 0.971. The number of rotatable bonds is 6. The molecule has 2 nitrogen and oxygen atoms in total. The number of hydrogen-bond donors (Lipinski definition) is 1. The van der Waals surface area contributed by atoms with Crippen molar-refractivity contribution in [2.75, 3.05) is 0 Å². The van der Waals surface area contributed by atoms with E-state index in [-0.39, 0.29) is 6.42 Å². The van der Waals surface area contributed by atoms with Crippen molar-refractivity contribution in [3.8, 4) is 0 Å². The van der Waals surface area contributed by atoms with Crippen LogP contribution in [0.4, 0.5) is 8.78 Å². The molecule has 0 radical (unpaired) electrons. The average Bonchev–Trinajstić information content (AvgIpc) is 1.96. The van der Waals surface area contributed by atoms with Crippen LogP contribution < -0.4 is 0 Å². The van der Waals surface area contributed by atoms with E-state index in [1.807, 2.05) is 6.92 Å². The highest BCUT2D eigenvalue weighted by Crippen LogP contribution is 2.17. The molecule has 0 bridgehead atoms.